The molecule has 1 atom stereocenters. The van der Waals surface area contributed by atoms with Crippen LogP contribution in [0.3, 0.4) is 0 Å². The van der Waals surface area contributed by atoms with Gasteiger partial charge in [-0.25, -0.2) is 9.78 Å². The SMILES string of the molecule is C=C(C)C(=O)OCC(CC(=O)CCC(=O)Nc1ccc2cc(O)c(C3C(=O)C4=C(C3=O)C(=O)N(CC)C4=O)nc2c1)OC(=O)CCC(=O)O. The molecule has 0 fully saturated rings. The molecule has 3 amide bonds. The zero-order valence-corrected chi connectivity index (χ0v) is 26.4. The lowest BCUT2D eigenvalue weighted by Crippen LogP contribution is -2.36. The van der Waals surface area contributed by atoms with Crippen molar-refractivity contribution in [3.63, 3.8) is 0 Å². The molecule has 1 aliphatic heterocycles. The fourth-order valence-corrected chi connectivity index (χ4v) is 5.15. The van der Waals surface area contributed by atoms with E-state index in [1.54, 1.807) is 0 Å². The van der Waals surface area contributed by atoms with Crippen LogP contribution in [-0.4, -0.2) is 92.3 Å². The lowest BCUT2D eigenvalue weighted by atomic mass is 9.95. The summed E-state index contributed by atoms with van der Waals surface area (Å²) in [5, 5.41) is 22.3. The molecule has 2 aliphatic rings. The highest BCUT2D eigenvalue weighted by Crippen LogP contribution is 2.41. The average molecular weight is 678 g/mol. The number of carboxylic acid groups (broad SMARTS) is 1. The summed E-state index contributed by atoms with van der Waals surface area (Å²) in [5.41, 5.74) is -1.00. The maximum atomic E-state index is 13.1. The first-order valence-electron chi connectivity index (χ1n) is 15.0. The van der Waals surface area contributed by atoms with E-state index in [1.807, 2.05) is 0 Å². The number of ketones is 3. The van der Waals surface area contributed by atoms with E-state index in [-0.39, 0.29) is 41.9 Å². The van der Waals surface area contributed by atoms with E-state index in [9.17, 15) is 48.3 Å². The van der Waals surface area contributed by atoms with Gasteiger partial charge in [0, 0.05) is 42.5 Å². The van der Waals surface area contributed by atoms with Crippen LogP contribution in [0.4, 0.5) is 5.69 Å². The number of ether oxygens (including phenoxy) is 2. The smallest absolute Gasteiger partial charge is 0.333 e. The van der Waals surface area contributed by atoms with Gasteiger partial charge in [0.2, 0.25) is 5.91 Å². The number of imide groups is 1. The second kappa shape index (κ2) is 14.8. The fourth-order valence-electron chi connectivity index (χ4n) is 5.15. The molecule has 1 aromatic carbocycles. The molecule has 256 valence electrons. The van der Waals surface area contributed by atoms with Crippen molar-refractivity contribution < 1.29 is 62.8 Å². The molecular weight excluding hydrogens is 646 g/mol. The van der Waals surface area contributed by atoms with Crippen LogP contribution in [0.2, 0.25) is 0 Å². The number of aliphatic carboxylic acids is 1. The molecule has 0 saturated carbocycles. The number of Topliss-reactive ketones (excluding diaryl/α,β-unsaturated/α-hetero) is 3. The lowest BCUT2D eigenvalue weighted by Gasteiger charge is -2.17. The number of benzene rings is 1. The Balaban J connectivity index is 1.40. The van der Waals surface area contributed by atoms with E-state index in [0.717, 1.165) is 4.90 Å². The number of likely N-dealkylation sites (N-methyl/N-ethyl adjacent to an activating group) is 1. The number of amides is 3. The summed E-state index contributed by atoms with van der Waals surface area (Å²) in [6.07, 6.45) is -3.24. The second-order valence-electron chi connectivity index (χ2n) is 11.2. The van der Waals surface area contributed by atoms with Crippen molar-refractivity contribution >= 4 is 69.6 Å². The molecule has 1 aliphatic carbocycles. The van der Waals surface area contributed by atoms with Crippen LogP contribution < -0.4 is 5.32 Å². The predicted molar refractivity (Wildman–Crippen MR) is 166 cm³/mol. The van der Waals surface area contributed by atoms with Crippen molar-refractivity contribution in [2.24, 2.45) is 0 Å². The van der Waals surface area contributed by atoms with Gasteiger partial charge in [-0.15, -0.1) is 0 Å². The molecule has 4 rings (SSSR count). The third-order valence-corrected chi connectivity index (χ3v) is 7.56. The summed E-state index contributed by atoms with van der Waals surface area (Å²) in [6, 6.07) is 5.60. The number of rotatable bonds is 15. The number of nitrogens with one attached hydrogen (secondary N) is 1. The summed E-state index contributed by atoms with van der Waals surface area (Å²) >= 11 is 0. The van der Waals surface area contributed by atoms with Gasteiger partial charge in [0.05, 0.1) is 18.4 Å². The lowest BCUT2D eigenvalue weighted by molar-refractivity contribution is -0.159. The Morgan fingerprint density at radius 3 is 2.22 bits per heavy atom. The quantitative estimate of drug-likeness (QED) is 0.0795. The van der Waals surface area contributed by atoms with E-state index in [2.05, 4.69) is 16.9 Å². The van der Waals surface area contributed by atoms with E-state index in [0.29, 0.717) is 5.39 Å². The molecule has 49 heavy (non-hydrogen) atoms. The first-order chi connectivity index (χ1) is 23.1. The molecular formula is C33H31N3O13. The first kappa shape index (κ1) is 35.8. The van der Waals surface area contributed by atoms with Gasteiger partial charge >= 0.3 is 17.9 Å². The van der Waals surface area contributed by atoms with Crippen LogP contribution in [0, 0.1) is 0 Å². The van der Waals surface area contributed by atoms with Crippen LogP contribution in [0.25, 0.3) is 10.9 Å². The largest absolute Gasteiger partial charge is 0.506 e. The van der Waals surface area contributed by atoms with Gasteiger partial charge in [0.25, 0.3) is 11.8 Å². The summed E-state index contributed by atoms with van der Waals surface area (Å²) in [7, 11) is 0. The standard InChI is InChI=1S/C33H31N3O13/c1-4-36-31(45)25-26(32(36)46)30(44)27(29(25)43)28-21(38)11-16-5-6-17(12-20(16)35-28)34-22(39)8-7-18(37)13-19(14-48-33(47)15(2)3)49-24(42)10-9-23(40)41/h5-6,11-12,19,27,38H,2,4,7-10,13-14H2,1,3H3,(H,34,39)(H,40,41). The molecule has 0 bridgehead atoms. The highest BCUT2D eigenvalue weighted by molar-refractivity contribution is 6.49. The number of esters is 2. The third-order valence-electron chi connectivity index (χ3n) is 7.56. The van der Waals surface area contributed by atoms with Crippen molar-refractivity contribution in [2.45, 2.75) is 58.0 Å². The van der Waals surface area contributed by atoms with Crippen LogP contribution in [-0.2, 0) is 52.6 Å². The van der Waals surface area contributed by atoms with E-state index in [4.69, 9.17) is 14.6 Å². The molecule has 1 unspecified atom stereocenters. The number of hydrogen-bond acceptors (Lipinski definition) is 13. The van der Waals surface area contributed by atoms with Gasteiger partial charge in [0.15, 0.2) is 11.6 Å². The van der Waals surface area contributed by atoms with Crippen molar-refractivity contribution in [3.05, 3.63) is 53.3 Å². The van der Waals surface area contributed by atoms with E-state index >= 15 is 0 Å². The minimum Gasteiger partial charge on any atom is -0.506 e. The number of carbonyl (C=O) groups is 9. The highest BCUT2D eigenvalue weighted by atomic mass is 16.6. The zero-order chi connectivity index (χ0) is 36.2. The normalized spacial score (nSPS) is 15.0. The Bertz CT molecular complexity index is 1840. The van der Waals surface area contributed by atoms with E-state index in [1.165, 1.54) is 38.1 Å². The van der Waals surface area contributed by atoms with Crippen molar-refractivity contribution in [1.82, 2.24) is 9.88 Å². The summed E-state index contributed by atoms with van der Waals surface area (Å²) < 4.78 is 10.1. The van der Waals surface area contributed by atoms with Gasteiger partial charge in [-0.05, 0) is 32.0 Å². The molecule has 1 aromatic heterocycles. The van der Waals surface area contributed by atoms with Crippen LogP contribution in [0.15, 0.2) is 47.6 Å². The maximum absolute atomic E-state index is 13.1. The van der Waals surface area contributed by atoms with Crippen LogP contribution >= 0.6 is 0 Å². The van der Waals surface area contributed by atoms with Gasteiger partial charge in [-0.2, -0.15) is 0 Å². The number of hydrogen-bond donors (Lipinski definition) is 3. The van der Waals surface area contributed by atoms with Gasteiger partial charge < -0.3 is 25.0 Å². The Labute approximate surface area is 277 Å². The zero-order valence-electron chi connectivity index (χ0n) is 26.4. The second-order valence-corrected chi connectivity index (χ2v) is 11.2. The van der Waals surface area contributed by atoms with Crippen LogP contribution in [0.5, 0.6) is 5.75 Å². The number of likely N-dealkylation sites (tertiary alicyclic amines) is 1. The third kappa shape index (κ3) is 7.91. The van der Waals surface area contributed by atoms with Crippen molar-refractivity contribution in [3.8, 4) is 5.75 Å². The Kier molecular flexibility index (Phi) is 10.8. The number of aromatic hydroxyl groups is 1. The van der Waals surface area contributed by atoms with E-state index < -0.39 is 108 Å². The Morgan fingerprint density at radius 1 is 0.980 bits per heavy atom. The van der Waals surface area contributed by atoms with Gasteiger partial charge in [-0.1, -0.05) is 12.6 Å². The predicted octanol–water partition coefficient (Wildman–Crippen LogP) is 1.43. The minimum atomic E-state index is -1.70. The van der Waals surface area contributed by atoms with Gasteiger partial charge in [-0.3, -0.25) is 43.3 Å². The number of pyridine rings is 1. The molecule has 3 N–H and O–H groups in total. The van der Waals surface area contributed by atoms with Gasteiger partial charge in [0.1, 0.15) is 47.0 Å². The topological polar surface area (TPSA) is 241 Å². The van der Waals surface area contributed by atoms with Crippen molar-refractivity contribution in [2.75, 3.05) is 18.5 Å². The fraction of sp³-hybridized carbons (Fsp3) is 0.333. The summed E-state index contributed by atoms with van der Waals surface area (Å²) in [5.74, 6) is -9.94. The number of aromatic nitrogens is 1. The molecule has 0 radical (unpaired) electrons. The van der Waals surface area contributed by atoms with Crippen LogP contribution in [0.1, 0.15) is 57.6 Å². The first-order valence-corrected chi connectivity index (χ1v) is 15.0. The molecule has 0 spiro atoms. The number of carboxylic acids is 1. The summed E-state index contributed by atoms with van der Waals surface area (Å²) in [4.78, 5) is 116. The number of anilines is 1. The summed E-state index contributed by atoms with van der Waals surface area (Å²) in [6.45, 7) is 5.81. The minimum absolute atomic E-state index is 0.0306. The maximum Gasteiger partial charge on any atom is 0.333 e. The molecule has 2 heterocycles. The molecule has 16 nitrogen and oxygen atoms in total. The number of carbonyl (C=O) groups excluding carboxylic acids is 8. The Morgan fingerprint density at radius 2 is 1.63 bits per heavy atom. The average Bonchev–Trinajstić information content (AvgIpc) is 3.45. The monoisotopic (exact) mass is 677 g/mol. The van der Waals surface area contributed by atoms with Crippen molar-refractivity contribution in [1.29, 1.82) is 0 Å². The highest BCUT2D eigenvalue weighted by Gasteiger charge is 2.55. The molecule has 16 heteroatoms. The molecule has 2 aromatic rings. The number of nitrogens with zero attached hydrogens (tertiary/aromatic N) is 2. The molecule has 0 saturated heterocycles. The number of fused-ring (bicyclic) bond motifs is 1. The Hall–Kier alpha value is -6.06.